The second kappa shape index (κ2) is 10.7. The highest BCUT2D eigenvalue weighted by Gasteiger charge is 2.24. The van der Waals surface area contributed by atoms with Crippen molar-refractivity contribution >= 4 is 17.5 Å². The molecule has 3 heterocycles. The Morgan fingerprint density at radius 3 is 2.62 bits per heavy atom. The Bertz CT molecular complexity index is 1500. The number of hydrogen-bond donors (Lipinski definition) is 2. The van der Waals surface area contributed by atoms with Crippen molar-refractivity contribution in [1.29, 1.82) is 0 Å². The van der Waals surface area contributed by atoms with Gasteiger partial charge in [-0.2, -0.15) is 5.10 Å². The number of carbonyl (C=O) groups excluding carboxylic acids is 2. The third-order valence-electron chi connectivity index (χ3n) is 5.76. The van der Waals surface area contributed by atoms with Crippen molar-refractivity contribution in [3.63, 3.8) is 0 Å². The van der Waals surface area contributed by atoms with E-state index in [0.29, 0.717) is 18.1 Å². The minimum Gasteiger partial charge on any atom is -0.489 e. The molecule has 5 rings (SSSR count). The van der Waals surface area contributed by atoms with Crippen LogP contribution in [0.5, 0.6) is 5.75 Å². The van der Waals surface area contributed by atoms with E-state index in [-0.39, 0.29) is 12.1 Å². The Kier molecular flexibility index (Phi) is 6.89. The largest absolute Gasteiger partial charge is 0.489 e. The summed E-state index contributed by atoms with van der Waals surface area (Å²) in [5, 5.41) is 7.04. The Morgan fingerprint density at radius 2 is 1.89 bits per heavy atom. The van der Waals surface area contributed by atoms with Crippen LogP contribution in [0.25, 0.3) is 16.8 Å². The van der Waals surface area contributed by atoms with Crippen molar-refractivity contribution in [3.8, 4) is 16.9 Å². The van der Waals surface area contributed by atoms with Crippen molar-refractivity contribution in [1.82, 2.24) is 29.9 Å². The molecule has 3 aromatic heterocycles. The topological polar surface area (TPSA) is 123 Å². The molecule has 1 atom stereocenters. The number of benzene rings is 2. The van der Waals surface area contributed by atoms with E-state index in [1.54, 1.807) is 35.4 Å². The molecule has 1 amide bonds. The first-order valence-electron chi connectivity index (χ1n) is 11.6. The molecule has 2 aromatic carbocycles. The molecule has 0 saturated carbocycles. The smallest absolute Gasteiger partial charge is 0.328 e. The maximum Gasteiger partial charge on any atom is 0.328 e. The lowest BCUT2D eigenvalue weighted by molar-refractivity contribution is -0.142. The molecule has 0 unspecified atom stereocenters. The van der Waals surface area contributed by atoms with Gasteiger partial charge in [-0.05, 0) is 29.3 Å². The van der Waals surface area contributed by atoms with Crippen LogP contribution in [0, 0.1) is 0 Å². The summed E-state index contributed by atoms with van der Waals surface area (Å²) >= 11 is 0. The molecule has 0 spiro atoms. The maximum atomic E-state index is 13.0. The predicted octanol–water partition coefficient (Wildman–Crippen LogP) is 3.21. The Balaban J connectivity index is 1.33. The molecule has 186 valence electrons. The van der Waals surface area contributed by atoms with Crippen molar-refractivity contribution < 1.29 is 19.1 Å². The first kappa shape index (κ1) is 23.7. The number of methoxy groups -OCH3 is 1. The average molecular weight is 497 g/mol. The second-order valence-corrected chi connectivity index (χ2v) is 8.23. The van der Waals surface area contributed by atoms with Crippen LogP contribution in [0.15, 0.2) is 85.5 Å². The molecular formula is C27H24N6O4. The minimum absolute atomic E-state index is 0.144. The molecule has 37 heavy (non-hydrogen) atoms. The Morgan fingerprint density at radius 1 is 1.08 bits per heavy atom. The van der Waals surface area contributed by atoms with Gasteiger partial charge in [-0.3, -0.25) is 4.79 Å². The van der Waals surface area contributed by atoms with E-state index >= 15 is 0 Å². The predicted molar refractivity (Wildman–Crippen MR) is 135 cm³/mol. The third-order valence-corrected chi connectivity index (χ3v) is 5.76. The lowest BCUT2D eigenvalue weighted by Crippen LogP contribution is -2.43. The van der Waals surface area contributed by atoms with E-state index in [1.165, 1.54) is 7.11 Å². The van der Waals surface area contributed by atoms with Crippen LogP contribution in [0.3, 0.4) is 0 Å². The molecule has 0 radical (unpaired) electrons. The van der Waals surface area contributed by atoms with E-state index in [0.717, 1.165) is 22.4 Å². The molecule has 0 aliphatic carbocycles. The quantitative estimate of drug-likeness (QED) is 0.300. The molecule has 2 N–H and O–H groups in total. The van der Waals surface area contributed by atoms with Gasteiger partial charge >= 0.3 is 5.97 Å². The van der Waals surface area contributed by atoms with Gasteiger partial charge in [0.2, 0.25) is 0 Å². The highest BCUT2D eigenvalue weighted by molar-refractivity contribution is 5.96. The summed E-state index contributed by atoms with van der Waals surface area (Å²) in [6, 6.07) is 18.2. The van der Waals surface area contributed by atoms with Gasteiger partial charge in [0.25, 0.3) is 5.91 Å². The van der Waals surface area contributed by atoms with E-state index < -0.39 is 17.9 Å². The van der Waals surface area contributed by atoms with Crippen LogP contribution in [0.2, 0.25) is 0 Å². The van der Waals surface area contributed by atoms with Crippen molar-refractivity contribution in [2.45, 2.75) is 19.1 Å². The number of carbonyl (C=O) groups is 2. The summed E-state index contributed by atoms with van der Waals surface area (Å²) in [6.07, 6.45) is 6.72. The minimum atomic E-state index is -0.922. The van der Waals surface area contributed by atoms with Gasteiger partial charge in [0.1, 0.15) is 29.9 Å². The number of fused-ring (bicyclic) bond motifs is 1. The standard InChI is InChI=1S/C27H24N6O4/c1-36-27(35)23(15-24-28-12-13-29-24)32-26(34)22-11-14-33-25(31-22)21(16-30-33)19-7-9-20(10-8-19)37-17-18-5-3-2-4-6-18/h2-14,16,23H,15,17H2,1H3,(H,28,29)(H,32,34)/t23-/m0/s1. The van der Waals surface area contributed by atoms with Gasteiger partial charge in [-0.15, -0.1) is 0 Å². The molecule has 5 aromatic rings. The zero-order chi connectivity index (χ0) is 25.6. The average Bonchev–Trinajstić information content (AvgIpc) is 3.61. The van der Waals surface area contributed by atoms with Crippen LogP contribution in [0.4, 0.5) is 0 Å². The number of rotatable bonds is 9. The maximum absolute atomic E-state index is 13.0. The first-order valence-corrected chi connectivity index (χ1v) is 11.6. The zero-order valence-electron chi connectivity index (χ0n) is 20.0. The highest BCUT2D eigenvalue weighted by Crippen LogP contribution is 2.26. The lowest BCUT2D eigenvalue weighted by Gasteiger charge is -2.15. The van der Waals surface area contributed by atoms with Crippen molar-refractivity contribution in [2.24, 2.45) is 0 Å². The fourth-order valence-corrected chi connectivity index (χ4v) is 3.84. The summed E-state index contributed by atoms with van der Waals surface area (Å²) < 4.78 is 12.3. The van der Waals surface area contributed by atoms with Crippen LogP contribution in [-0.2, 0) is 22.6 Å². The number of aromatic nitrogens is 5. The third kappa shape index (κ3) is 5.48. The fraction of sp³-hybridized carbons (Fsp3) is 0.148. The number of hydrogen-bond acceptors (Lipinski definition) is 7. The SMILES string of the molecule is COC(=O)[C@H](Cc1ncc[nH]1)NC(=O)c1ccn2ncc(-c3ccc(OCc4ccccc4)cc3)c2n1. The van der Waals surface area contributed by atoms with Crippen molar-refractivity contribution in [3.05, 3.63) is 103 Å². The number of nitrogens with one attached hydrogen (secondary N) is 2. The van der Waals surface area contributed by atoms with E-state index in [1.807, 2.05) is 54.6 Å². The molecule has 0 fully saturated rings. The molecule has 0 saturated heterocycles. The van der Waals surface area contributed by atoms with E-state index in [9.17, 15) is 9.59 Å². The first-order chi connectivity index (χ1) is 18.1. The van der Waals surface area contributed by atoms with Crippen LogP contribution < -0.4 is 10.1 Å². The lowest BCUT2D eigenvalue weighted by atomic mass is 10.1. The number of nitrogens with zero attached hydrogens (tertiary/aromatic N) is 4. The van der Waals surface area contributed by atoms with Crippen LogP contribution >= 0.6 is 0 Å². The van der Waals surface area contributed by atoms with Gasteiger partial charge in [-0.25, -0.2) is 19.3 Å². The van der Waals surface area contributed by atoms with Crippen LogP contribution in [-0.4, -0.2) is 49.6 Å². The molecular weight excluding hydrogens is 472 g/mol. The second-order valence-electron chi connectivity index (χ2n) is 8.23. The van der Waals surface area contributed by atoms with Crippen LogP contribution in [0.1, 0.15) is 21.9 Å². The van der Waals surface area contributed by atoms with Gasteiger partial charge in [0.15, 0.2) is 5.65 Å². The van der Waals surface area contributed by atoms with Crippen molar-refractivity contribution in [2.75, 3.05) is 7.11 Å². The number of aromatic amines is 1. The van der Waals surface area contributed by atoms with Gasteiger partial charge in [0, 0.05) is 30.6 Å². The molecule has 0 aliphatic rings. The highest BCUT2D eigenvalue weighted by atomic mass is 16.5. The zero-order valence-corrected chi connectivity index (χ0v) is 20.0. The van der Waals surface area contributed by atoms with Gasteiger partial charge in [0.05, 0.1) is 13.3 Å². The molecule has 0 bridgehead atoms. The normalized spacial score (nSPS) is 11.7. The molecule has 10 nitrogen and oxygen atoms in total. The van der Waals surface area contributed by atoms with E-state index in [4.69, 9.17) is 9.47 Å². The monoisotopic (exact) mass is 496 g/mol. The Hall–Kier alpha value is -4.99. The molecule has 0 aliphatic heterocycles. The van der Waals surface area contributed by atoms with E-state index in [2.05, 4.69) is 25.4 Å². The number of esters is 1. The summed E-state index contributed by atoms with van der Waals surface area (Å²) in [7, 11) is 1.27. The van der Waals surface area contributed by atoms with Gasteiger partial charge < -0.3 is 19.8 Å². The summed E-state index contributed by atoms with van der Waals surface area (Å²) in [5.74, 6) is 0.197. The van der Waals surface area contributed by atoms with Gasteiger partial charge in [-0.1, -0.05) is 42.5 Å². The summed E-state index contributed by atoms with van der Waals surface area (Å²) in [5.41, 5.74) is 3.36. The number of imidazole rings is 1. The summed E-state index contributed by atoms with van der Waals surface area (Å²) in [6.45, 7) is 0.476. The Labute approximate surface area is 212 Å². The number of H-pyrrole nitrogens is 1. The fourth-order valence-electron chi connectivity index (χ4n) is 3.84. The summed E-state index contributed by atoms with van der Waals surface area (Å²) in [4.78, 5) is 36.8. The number of ether oxygens (including phenoxy) is 2. The number of amides is 1. The molecule has 10 heteroatoms.